The summed E-state index contributed by atoms with van der Waals surface area (Å²) in [6, 6.07) is 3.70. The van der Waals surface area contributed by atoms with E-state index in [0.717, 1.165) is 17.1 Å². The summed E-state index contributed by atoms with van der Waals surface area (Å²) in [5, 5.41) is 0. The van der Waals surface area contributed by atoms with E-state index >= 15 is 0 Å². The van der Waals surface area contributed by atoms with E-state index in [1.54, 1.807) is 27.4 Å². The molecule has 3 heteroatoms. The van der Waals surface area contributed by atoms with Crippen molar-refractivity contribution in [1.29, 1.82) is 0 Å². The summed E-state index contributed by atoms with van der Waals surface area (Å²) in [5.74, 6) is 2.22. The molecule has 0 radical (unpaired) electrons. The van der Waals surface area contributed by atoms with E-state index in [2.05, 4.69) is 0 Å². The van der Waals surface area contributed by atoms with Gasteiger partial charge in [-0.25, -0.2) is 0 Å². The van der Waals surface area contributed by atoms with Gasteiger partial charge in [-0.05, 0) is 18.6 Å². The highest BCUT2D eigenvalue weighted by molar-refractivity contribution is 5.51. The van der Waals surface area contributed by atoms with Crippen molar-refractivity contribution in [3.63, 3.8) is 0 Å². The zero-order valence-corrected chi connectivity index (χ0v) is 8.38. The number of hydrogen-bond acceptors (Lipinski definition) is 3. The Hall–Kier alpha value is -1.38. The molecule has 1 aromatic carbocycles. The Morgan fingerprint density at radius 1 is 0.923 bits per heavy atom. The van der Waals surface area contributed by atoms with E-state index in [0.29, 0.717) is 5.75 Å². The van der Waals surface area contributed by atoms with Crippen LogP contribution < -0.4 is 14.2 Å². The molecular weight excluding hydrogens is 168 g/mol. The fraction of sp³-hybridized carbons (Fsp3) is 0.400. The van der Waals surface area contributed by atoms with Gasteiger partial charge in [-0.3, -0.25) is 0 Å². The highest BCUT2D eigenvalue weighted by atomic mass is 16.5. The summed E-state index contributed by atoms with van der Waals surface area (Å²) in [4.78, 5) is 0. The molecule has 13 heavy (non-hydrogen) atoms. The molecule has 0 aliphatic carbocycles. The Morgan fingerprint density at radius 2 is 1.62 bits per heavy atom. The molecule has 1 rings (SSSR count). The number of benzene rings is 1. The molecule has 0 atom stereocenters. The third-order valence-corrected chi connectivity index (χ3v) is 1.87. The van der Waals surface area contributed by atoms with E-state index in [1.807, 2.05) is 13.0 Å². The van der Waals surface area contributed by atoms with Crippen molar-refractivity contribution >= 4 is 0 Å². The molecule has 3 nitrogen and oxygen atoms in total. The lowest BCUT2D eigenvalue weighted by molar-refractivity contribution is 0.347. The molecule has 0 aliphatic rings. The number of ether oxygens (including phenoxy) is 3. The number of rotatable bonds is 3. The van der Waals surface area contributed by atoms with Crippen LogP contribution in [0, 0.1) is 6.92 Å². The van der Waals surface area contributed by atoms with Crippen molar-refractivity contribution in [3.8, 4) is 17.2 Å². The summed E-state index contributed by atoms with van der Waals surface area (Å²) in [6.07, 6.45) is 0. The van der Waals surface area contributed by atoms with Gasteiger partial charge in [0.1, 0.15) is 5.75 Å². The van der Waals surface area contributed by atoms with E-state index in [9.17, 15) is 0 Å². The normalized spacial score (nSPS) is 9.54. The second-order valence-corrected chi connectivity index (χ2v) is 2.68. The van der Waals surface area contributed by atoms with Gasteiger partial charge in [0.15, 0.2) is 11.5 Å². The maximum atomic E-state index is 5.19. The minimum Gasteiger partial charge on any atom is -0.497 e. The van der Waals surface area contributed by atoms with Crippen LogP contribution >= 0.6 is 0 Å². The van der Waals surface area contributed by atoms with Gasteiger partial charge >= 0.3 is 0 Å². The Labute approximate surface area is 78.2 Å². The van der Waals surface area contributed by atoms with Crippen molar-refractivity contribution < 1.29 is 14.2 Å². The minimum atomic E-state index is 0.694. The predicted octanol–water partition coefficient (Wildman–Crippen LogP) is 2.02. The highest BCUT2D eigenvalue weighted by Crippen LogP contribution is 2.34. The molecule has 0 saturated heterocycles. The van der Waals surface area contributed by atoms with Gasteiger partial charge in [0.2, 0.25) is 0 Å². The lowest BCUT2D eigenvalue weighted by atomic mass is 10.2. The number of hydrogen-bond donors (Lipinski definition) is 0. The predicted molar refractivity (Wildman–Crippen MR) is 50.8 cm³/mol. The van der Waals surface area contributed by atoms with Gasteiger partial charge in [0, 0.05) is 6.07 Å². The summed E-state index contributed by atoms with van der Waals surface area (Å²) >= 11 is 0. The van der Waals surface area contributed by atoms with Crippen molar-refractivity contribution in [2.75, 3.05) is 21.3 Å². The largest absolute Gasteiger partial charge is 0.497 e. The molecule has 0 unspecified atom stereocenters. The molecule has 0 aromatic heterocycles. The summed E-state index contributed by atoms with van der Waals surface area (Å²) < 4.78 is 15.4. The zero-order chi connectivity index (χ0) is 9.84. The molecule has 0 N–H and O–H groups in total. The van der Waals surface area contributed by atoms with Gasteiger partial charge < -0.3 is 14.2 Å². The summed E-state index contributed by atoms with van der Waals surface area (Å²) in [5.41, 5.74) is 0.999. The average Bonchev–Trinajstić information content (AvgIpc) is 2.16. The first-order valence-electron chi connectivity index (χ1n) is 3.99. The van der Waals surface area contributed by atoms with Crippen LogP contribution in [0.2, 0.25) is 0 Å². The quantitative estimate of drug-likeness (QED) is 0.715. The lowest BCUT2D eigenvalue weighted by Crippen LogP contribution is -1.94. The molecule has 1 aromatic rings. The molecule has 0 spiro atoms. The molecule has 0 saturated carbocycles. The minimum absolute atomic E-state index is 0.694. The van der Waals surface area contributed by atoms with Gasteiger partial charge in [-0.1, -0.05) is 0 Å². The molecule has 0 heterocycles. The van der Waals surface area contributed by atoms with Crippen LogP contribution in [-0.4, -0.2) is 21.3 Å². The standard InChI is InChI=1S/C10H14O3/c1-7-5-8(11-2)6-9(12-3)10(7)13-4/h5-6H,1-4H3. The molecule has 0 bridgehead atoms. The van der Waals surface area contributed by atoms with Crippen molar-refractivity contribution in [1.82, 2.24) is 0 Å². The third-order valence-electron chi connectivity index (χ3n) is 1.87. The lowest BCUT2D eigenvalue weighted by Gasteiger charge is -2.11. The molecule has 0 aliphatic heterocycles. The first kappa shape index (κ1) is 9.71. The molecular formula is C10H14O3. The summed E-state index contributed by atoms with van der Waals surface area (Å²) in [7, 11) is 4.86. The maximum Gasteiger partial charge on any atom is 0.164 e. The monoisotopic (exact) mass is 182 g/mol. The average molecular weight is 182 g/mol. The van der Waals surface area contributed by atoms with Crippen LogP contribution in [0.5, 0.6) is 17.2 Å². The zero-order valence-electron chi connectivity index (χ0n) is 8.38. The van der Waals surface area contributed by atoms with Crippen LogP contribution in [-0.2, 0) is 0 Å². The van der Waals surface area contributed by atoms with Crippen LogP contribution in [0.25, 0.3) is 0 Å². The van der Waals surface area contributed by atoms with Gasteiger partial charge in [0.25, 0.3) is 0 Å². The van der Waals surface area contributed by atoms with Crippen molar-refractivity contribution in [2.24, 2.45) is 0 Å². The van der Waals surface area contributed by atoms with Crippen LogP contribution in [0.4, 0.5) is 0 Å². The molecule has 0 fully saturated rings. The Bertz CT molecular complexity index is 294. The first-order chi connectivity index (χ1) is 6.22. The Kier molecular flexibility index (Phi) is 3.01. The topological polar surface area (TPSA) is 27.7 Å². The van der Waals surface area contributed by atoms with E-state index in [1.165, 1.54) is 0 Å². The molecule has 72 valence electrons. The fourth-order valence-corrected chi connectivity index (χ4v) is 1.24. The van der Waals surface area contributed by atoms with Gasteiger partial charge in [-0.15, -0.1) is 0 Å². The smallest absolute Gasteiger partial charge is 0.164 e. The second kappa shape index (κ2) is 4.03. The highest BCUT2D eigenvalue weighted by Gasteiger charge is 2.08. The maximum absolute atomic E-state index is 5.19. The van der Waals surface area contributed by atoms with Crippen molar-refractivity contribution in [2.45, 2.75) is 6.92 Å². The van der Waals surface area contributed by atoms with E-state index < -0.39 is 0 Å². The van der Waals surface area contributed by atoms with Crippen molar-refractivity contribution in [3.05, 3.63) is 17.7 Å². The number of aryl methyl sites for hydroxylation is 1. The second-order valence-electron chi connectivity index (χ2n) is 2.68. The van der Waals surface area contributed by atoms with Crippen LogP contribution in [0.1, 0.15) is 5.56 Å². The summed E-state index contributed by atoms with van der Waals surface area (Å²) in [6.45, 7) is 1.95. The number of methoxy groups -OCH3 is 3. The fourth-order valence-electron chi connectivity index (χ4n) is 1.24. The Morgan fingerprint density at radius 3 is 2.08 bits per heavy atom. The van der Waals surface area contributed by atoms with Crippen LogP contribution in [0.3, 0.4) is 0 Å². The Balaban J connectivity index is 3.20. The van der Waals surface area contributed by atoms with Gasteiger partial charge in [0.05, 0.1) is 21.3 Å². The van der Waals surface area contributed by atoms with E-state index in [-0.39, 0.29) is 0 Å². The van der Waals surface area contributed by atoms with Gasteiger partial charge in [-0.2, -0.15) is 0 Å². The van der Waals surface area contributed by atoms with E-state index in [4.69, 9.17) is 14.2 Å². The third kappa shape index (κ3) is 1.86. The SMILES string of the molecule is COc1cc(C)c(OC)c(OC)c1. The van der Waals surface area contributed by atoms with Crippen LogP contribution in [0.15, 0.2) is 12.1 Å². The molecule has 0 amide bonds. The first-order valence-corrected chi connectivity index (χ1v) is 3.99.